The number of carbonyl (C=O) groups excluding carboxylic acids is 1. The Balaban J connectivity index is 1.90. The molecule has 222 valence electrons. The number of nitrogens with two attached hydrogens (primary N) is 1. The van der Waals surface area contributed by atoms with Crippen molar-refractivity contribution in [1.82, 2.24) is 0 Å². The average molecular weight is 587 g/mol. The van der Waals surface area contributed by atoms with Crippen molar-refractivity contribution >= 4 is 11.8 Å². The van der Waals surface area contributed by atoms with Gasteiger partial charge in [-0.15, -0.1) is 0 Å². The number of benzene rings is 3. The van der Waals surface area contributed by atoms with Crippen molar-refractivity contribution in [2.24, 2.45) is 5.84 Å². The van der Waals surface area contributed by atoms with E-state index in [1.165, 1.54) is 24.3 Å². The van der Waals surface area contributed by atoms with Gasteiger partial charge in [-0.3, -0.25) is 0 Å². The normalized spacial score (nSPS) is 12.2. The molecule has 1 amide bonds. The molecule has 0 saturated carbocycles. The number of hydrogen-bond acceptors (Lipinski definition) is 6. The van der Waals surface area contributed by atoms with Gasteiger partial charge in [-0.25, -0.2) is 15.6 Å². The van der Waals surface area contributed by atoms with Crippen molar-refractivity contribution in [3.05, 3.63) is 89.5 Å². The maximum absolute atomic E-state index is 14.0. The van der Waals surface area contributed by atoms with Crippen LogP contribution in [0.4, 0.5) is 36.8 Å². The Kier molecular flexibility index (Phi) is 10.2. The summed E-state index contributed by atoms with van der Waals surface area (Å²) in [7, 11) is 0.913. The molecule has 0 unspecified atom stereocenters. The van der Waals surface area contributed by atoms with Gasteiger partial charge in [0.15, 0.2) is 0 Å². The van der Waals surface area contributed by atoms with E-state index in [2.05, 4.69) is 9.47 Å². The van der Waals surface area contributed by atoms with Gasteiger partial charge in [0, 0.05) is 18.7 Å². The van der Waals surface area contributed by atoms with Gasteiger partial charge in [0.05, 0.1) is 5.69 Å². The molecule has 3 aromatic rings. The van der Waals surface area contributed by atoms with E-state index in [1.54, 1.807) is 31.2 Å². The number of rotatable bonds is 11. The molecule has 0 radical (unpaired) electrons. The van der Waals surface area contributed by atoms with Crippen LogP contribution in [0, 0.1) is 0 Å². The van der Waals surface area contributed by atoms with Crippen LogP contribution in [0.3, 0.4) is 0 Å². The topological polar surface area (TPSA) is 83.3 Å². The van der Waals surface area contributed by atoms with Crippen LogP contribution in [0.5, 0.6) is 11.5 Å². The highest BCUT2D eigenvalue weighted by Gasteiger charge is 2.73. The van der Waals surface area contributed by atoms with Crippen LogP contribution in [0.25, 0.3) is 0 Å². The molecule has 13 heteroatoms. The highest BCUT2D eigenvalue weighted by molar-refractivity contribution is 5.86. The summed E-state index contributed by atoms with van der Waals surface area (Å²) < 4.78 is 104. The van der Waals surface area contributed by atoms with Crippen molar-refractivity contribution < 1.29 is 50.1 Å². The molecule has 0 aliphatic rings. The fourth-order valence-corrected chi connectivity index (χ4v) is 3.96. The summed E-state index contributed by atoms with van der Waals surface area (Å²) in [6.45, 7) is 0.422. The van der Waals surface area contributed by atoms with Crippen molar-refractivity contribution in [1.29, 1.82) is 0 Å². The number of alkyl halides is 6. The lowest BCUT2D eigenvalue weighted by Crippen LogP contribution is -2.56. The van der Waals surface area contributed by atoms with Gasteiger partial charge >= 0.3 is 18.4 Å². The second-order valence-electron chi connectivity index (χ2n) is 8.81. The molecule has 0 bridgehead atoms. The van der Waals surface area contributed by atoms with Crippen molar-refractivity contribution in [2.75, 3.05) is 18.9 Å². The number of amides is 1. The third-order valence-corrected chi connectivity index (χ3v) is 5.90. The molecule has 2 N–H and O–H groups in total. The second-order valence-corrected chi connectivity index (χ2v) is 8.81. The highest BCUT2D eigenvalue weighted by atomic mass is 19.4. The van der Waals surface area contributed by atoms with Gasteiger partial charge in [-0.05, 0) is 41.8 Å². The molecule has 0 fully saturated rings. The number of nitrogens with zero attached hydrogens (tertiary/aromatic N) is 1. The van der Waals surface area contributed by atoms with Gasteiger partial charge in [0.1, 0.15) is 24.9 Å². The number of carbonyl (C=O) groups is 1. The largest absolute Gasteiger partial charge is 0.457 e. The van der Waals surface area contributed by atoms with Crippen LogP contribution >= 0.6 is 0 Å². The summed E-state index contributed by atoms with van der Waals surface area (Å²) in [6, 6.07) is 17.1. The fourth-order valence-electron chi connectivity index (χ4n) is 3.96. The van der Waals surface area contributed by atoms with Crippen LogP contribution in [0.15, 0.2) is 72.8 Å². The summed E-state index contributed by atoms with van der Waals surface area (Å²) in [5.74, 6) is 6.02. The Labute approximate surface area is 232 Å². The Hall–Kier alpha value is -3.81. The Morgan fingerprint density at radius 1 is 0.902 bits per heavy atom. The van der Waals surface area contributed by atoms with E-state index in [9.17, 15) is 31.1 Å². The Morgan fingerprint density at radius 2 is 1.59 bits per heavy atom. The van der Waals surface area contributed by atoms with Gasteiger partial charge in [-0.1, -0.05) is 55.8 Å². The summed E-state index contributed by atoms with van der Waals surface area (Å²) in [5, 5.41) is 0.736. The van der Waals surface area contributed by atoms with Gasteiger partial charge in [0.25, 0.3) is 5.60 Å². The van der Waals surface area contributed by atoms with Gasteiger partial charge < -0.3 is 18.9 Å². The Bertz CT molecular complexity index is 1290. The van der Waals surface area contributed by atoms with E-state index in [4.69, 9.17) is 15.3 Å². The molecule has 41 heavy (non-hydrogen) atoms. The lowest BCUT2D eigenvalue weighted by Gasteiger charge is -2.37. The summed E-state index contributed by atoms with van der Waals surface area (Å²) >= 11 is 0. The number of aryl methyl sites for hydroxylation is 1. The standard InChI is InChI=1S/C28H28F6N2O5/c1-3-8-20-15-21(26(27(29,30)31,28(32,33)34)40-18-38-2)13-14-24(20)41-23-12-7-11-22(16-23)36(35)25(37)39-17-19-9-5-4-6-10-19/h4-7,9-16H,3,8,17-18,35H2,1-2H3. The average Bonchev–Trinajstić information content (AvgIpc) is 2.92. The minimum absolute atomic E-state index is 0.00738. The number of halogens is 6. The second kappa shape index (κ2) is 13.2. The molecule has 0 spiro atoms. The van der Waals surface area contributed by atoms with Crippen LogP contribution in [-0.4, -0.2) is 32.3 Å². The van der Waals surface area contributed by atoms with E-state index in [-0.39, 0.29) is 35.8 Å². The minimum atomic E-state index is -5.86. The summed E-state index contributed by atoms with van der Waals surface area (Å²) in [6.07, 6.45) is -12.1. The van der Waals surface area contributed by atoms with E-state index in [1.807, 2.05) is 6.07 Å². The first-order chi connectivity index (χ1) is 19.3. The molecule has 0 aliphatic carbocycles. The monoisotopic (exact) mass is 586 g/mol. The predicted molar refractivity (Wildman–Crippen MR) is 137 cm³/mol. The molecule has 0 saturated heterocycles. The molecule has 0 atom stereocenters. The lowest BCUT2D eigenvalue weighted by atomic mass is 9.89. The van der Waals surface area contributed by atoms with E-state index in [0.717, 1.165) is 29.8 Å². The fraction of sp³-hybridized carbons (Fsp3) is 0.321. The van der Waals surface area contributed by atoms with E-state index >= 15 is 0 Å². The molecule has 0 aromatic heterocycles. The van der Waals surface area contributed by atoms with Gasteiger partial charge in [0.2, 0.25) is 0 Å². The minimum Gasteiger partial charge on any atom is -0.457 e. The maximum atomic E-state index is 14.0. The lowest BCUT2D eigenvalue weighted by molar-refractivity contribution is -0.400. The summed E-state index contributed by atoms with van der Waals surface area (Å²) in [5.41, 5.74) is -4.83. The van der Waals surface area contributed by atoms with Crippen LogP contribution < -0.4 is 15.6 Å². The first-order valence-corrected chi connectivity index (χ1v) is 12.3. The third-order valence-electron chi connectivity index (χ3n) is 5.90. The molecule has 7 nitrogen and oxygen atoms in total. The number of methoxy groups -OCH3 is 1. The molecule has 3 aromatic carbocycles. The zero-order valence-electron chi connectivity index (χ0n) is 22.1. The third kappa shape index (κ3) is 7.29. The van der Waals surface area contributed by atoms with Gasteiger partial charge in [-0.2, -0.15) is 26.3 Å². The van der Waals surface area contributed by atoms with E-state index in [0.29, 0.717) is 12.5 Å². The molecule has 3 rings (SSSR count). The van der Waals surface area contributed by atoms with Crippen molar-refractivity contribution in [3.8, 4) is 11.5 Å². The maximum Gasteiger partial charge on any atom is 0.430 e. The molecule has 0 heterocycles. The number of hydrazine groups is 1. The SMILES string of the molecule is CCCc1cc(C(OCOC)(C(F)(F)F)C(F)(F)F)ccc1Oc1cccc(N(N)C(=O)OCc2ccccc2)c1. The highest BCUT2D eigenvalue weighted by Crippen LogP contribution is 2.53. The van der Waals surface area contributed by atoms with Crippen LogP contribution in [-0.2, 0) is 32.8 Å². The number of hydrogen-bond donors (Lipinski definition) is 1. The first kappa shape index (κ1) is 31.7. The zero-order valence-corrected chi connectivity index (χ0v) is 22.1. The molecular weight excluding hydrogens is 558 g/mol. The van der Waals surface area contributed by atoms with Crippen molar-refractivity contribution in [2.45, 2.75) is 44.3 Å². The zero-order chi connectivity index (χ0) is 30.3. The van der Waals surface area contributed by atoms with Crippen LogP contribution in [0.2, 0.25) is 0 Å². The van der Waals surface area contributed by atoms with E-state index < -0.39 is 36.4 Å². The molecular formula is C28H28F6N2O5. The summed E-state index contributed by atoms with van der Waals surface area (Å²) in [4.78, 5) is 12.4. The predicted octanol–water partition coefficient (Wildman–Crippen LogP) is 7.39. The molecule has 0 aliphatic heterocycles. The van der Waals surface area contributed by atoms with Crippen LogP contribution in [0.1, 0.15) is 30.0 Å². The number of anilines is 1. The Morgan fingerprint density at radius 3 is 2.20 bits per heavy atom. The first-order valence-electron chi connectivity index (χ1n) is 12.3. The van der Waals surface area contributed by atoms with Crippen molar-refractivity contribution in [3.63, 3.8) is 0 Å². The quantitative estimate of drug-likeness (QED) is 0.0830. The smallest absolute Gasteiger partial charge is 0.430 e. The number of ether oxygens (including phenoxy) is 4.